The molecule has 0 aliphatic heterocycles. The van der Waals surface area contributed by atoms with Crippen molar-refractivity contribution in [1.82, 2.24) is 0 Å². The highest BCUT2D eigenvalue weighted by molar-refractivity contribution is 6.05. The Labute approximate surface area is 118 Å². The zero-order chi connectivity index (χ0) is 14.5. The molecule has 0 atom stereocenters. The number of anilines is 2. The van der Waals surface area contributed by atoms with E-state index >= 15 is 0 Å². The van der Waals surface area contributed by atoms with Gasteiger partial charge in [-0.15, -0.1) is 0 Å². The fourth-order valence-electron chi connectivity index (χ4n) is 1.76. The molecule has 0 fully saturated rings. The zero-order valence-electron chi connectivity index (χ0n) is 11.6. The van der Waals surface area contributed by atoms with Crippen molar-refractivity contribution in [2.24, 2.45) is 0 Å². The maximum Gasteiger partial charge on any atom is 0.255 e. The first kappa shape index (κ1) is 13.9. The van der Waals surface area contributed by atoms with Gasteiger partial charge in [0.2, 0.25) is 0 Å². The smallest absolute Gasteiger partial charge is 0.255 e. The Bertz CT molecular complexity index is 592. The minimum Gasteiger partial charge on any atom is -0.489 e. The normalized spacial score (nSPS) is 10.3. The lowest BCUT2D eigenvalue weighted by Crippen LogP contribution is -2.14. The molecule has 0 saturated heterocycles. The van der Waals surface area contributed by atoms with E-state index in [4.69, 9.17) is 10.5 Å². The van der Waals surface area contributed by atoms with E-state index in [9.17, 15) is 4.79 Å². The molecule has 0 aromatic heterocycles. The van der Waals surface area contributed by atoms with Gasteiger partial charge in [-0.3, -0.25) is 4.79 Å². The third kappa shape index (κ3) is 3.51. The van der Waals surface area contributed by atoms with Gasteiger partial charge in [0.25, 0.3) is 5.91 Å². The van der Waals surface area contributed by atoms with Gasteiger partial charge in [-0.05, 0) is 50.2 Å². The van der Waals surface area contributed by atoms with E-state index < -0.39 is 0 Å². The van der Waals surface area contributed by atoms with Crippen molar-refractivity contribution in [1.29, 1.82) is 0 Å². The second-order valence-electron chi connectivity index (χ2n) is 4.74. The molecule has 0 spiro atoms. The zero-order valence-corrected chi connectivity index (χ0v) is 11.6. The van der Waals surface area contributed by atoms with Gasteiger partial charge in [-0.1, -0.05) is 12.1 Å². The van der Waals surface area contributed by atoms with Crippen molar-refractivity contribution in [3.63, 3.8) is 0 Å². The summed E-state index contributed by atoms with van der Waals surface area (Å²) in [5, 5.41) is 2.85. The second-order valence-corrected chi connectivity index (χ2v) is 4.74. The van der Waals surface area contributed by atoms with Crippen LogP contribution in [0.2, 0.25) is 0 Å². The van der Waals surface area contributed by atoms with Crippen LogP contribution in [0.15, 0.2) is 48.5 Å². The summed E-state index contributed by atoms with van der Waals surface area (Å²) < 4.78 is 5.67. The molecule has 0 unspecified atom stereocenters. The number of para-hydroxylation sites is 2. The largest absolute Gasteiger partial charge is 0.489 e. The molecular formula is C16H18N2O2. The van der Waals surface area contributed by atoms with Crippen LogP contribution in [0.25, 0.3) is 0 Å². The van der Waals surface area contributed by atoms with E-state index in [-0.39, 0.29) is 12.0 Å². The number of carbonyl (C=O) groups excluding carboxylic acids is 1. The lowest BCUT2D eigenvalue weighted by Gasteiger charge is -2.14. The average molecular weight is 270 g/mol. The van der Waals surface area contributed by atoms with Gasteiger partial charge in [-0.2, -0.15) is 0 Å². The van der Waals surface area contributed by atoms with Crippen LogP contribution in [0.1, 0.15) is 24.2 Å². The van der Waals surface area contributed by atoms with Crippen molar-refractivity contribution in [3.8, 4) is 5.75 Å². The third-order valence-electron chi connectivity index (χ3n) is 2.67. The average Bonchev–Trinajstić information content (AvgIpc) is 2.41. The Morgan fingerprint density at radius 2 is 1.75 bits per heavy atom. The Morgan fingerprint density at radius 3 is 2.40 bits per heavy atom. The Kier molecular flexibility index (Phi) is 4.25. The number of hydrogen-bond acceptors (Lipinski definition) is 3. The molecule has 2 aromatic carbocycles. The number of nitrogens with two attached hydrogens (primary N) is 1. The van der Waals surface area contributed by atoms with Crippen LogP contribution in [0, 0.1) is 0 Å². The molecule has 4 heteroatoms. The number of nitrogens with one attached hydrogen (secondary N) is 1. The second kappa shape index (κ2) is 6.10. The molecule has 20 heavy (non-hydrogen) atoms. The van der Waals surface area contributed by atoms with E-state index in [2.05, 4.69) is 5.32 Å². The molecule has 0 aliphatic carbocycles. The fourth-order valence-corrected chi connectivity index (χ4v) is 1.76. The van der Waals surface area contributed by atoms with Gasteiger partial charge in [-0.25, -0.2) is 0 Å². The highest BCUT2D eigenvalue weighted by atomic mass is 16.5. The predicted octanol–water partition coefficient (Wildman–Crippen LogP) is 3.31. The van der Waals surface area contributed by atoms with Crippen molar-refractivity contribution in [3.05, 3.63) is 54.1 Å². The van der Waals surface area contributed by atoms with Crippen molar-refractivity contribution >= 4 is 17.3 Å². The van der Waals surface area contributed by atoms with Crippen LogP contribution in [0.3, 0.4) is 0 Å². The highest BCUT2D eigenvalue weighted by Crippen LogP contribution is 2.25. The lowest BCUT2D eigenvalue weighted by molar-refractivity contribution is 0.102. The van der Waals surface area contributed by atoms with Crippen molar-refractivity contribution in [2.45, 2.75) is 20.0 Å². The number of nitrogen functional groups attached to an aromatic ring is 1. The number of hydrogen-bond donors (Lipinski definition) is 2. The molecule has 3 N–H and O–H groups in total. The summed E-state index contributed by atoms with van der Waals surface area (Å²) in [5.74, 6) is 0.469. The first-order valence-electron chi connectivity index (χ1n) is 6.49. The molecule has 2 aromatic rings. The molecule has 0 bridgehead atoms. The molecular weight excluding hydrogens is 252 g/mol. The van der Waals surface area contributed by atoms with Gasteiger partial charge in [0, 0.05) is 11.3 Å². The standard InChI is InChI=1S/C16H18N2O2/c1-11(2)20-15-6-4-3-5-14(15)18-16(19)12-7-9-13(17)10-8-12/h3-11H,17H2,1-2H3,(H,18,19). The lowest BCUT2D eigenvalue weighted by atomic mass is 10.2. The predicted molar refractivity (Wildman–Crippen MR) is 81.0 cm³/mol. The van der Waals surface area contributed by atoms with E-state index in [1.54, 1.807) is 24.3 Å². The van der Waals surface area contributed by atoms with Gasteiger partial charge >= 0.3 is 0 Å². The quantitative estimate of drug-likeness (QED) is 0.838. The van der Waals surface area contributed by atoms with E-state index in [1.807, 2.05) is 38.1 Å². The summed E-state index contributed by atoms with van der Waals surface area (Å²) in [6.07, 6.45) is 0.0459. The first-order valence-corrected chi connectivity index (χ1v) is 6.49. The molecule has 0 radical (unpaired) electrons. The third-order valence-corrected chi connectivity index (χ3v) is 2.67. The van der Waals surface area contributed by atoms with Crippen LogP contribution in [-0.2, 0) is 0 Å². The van der Waals surface area contributed by atoms with E-state index in [0.29, 0.717) is 22.7 Å². The Balaban J connectivity index is 2.17. The molecule has 104 valence electrons. The number of ether oxygens (including phenoxy) is 1. The van der Waals surface area contributed by atoms with Crippen LogP contribution in [0.5, 0.6) is 5.75 Å². The molecule has 0 saturated carbocycles. The highest BCUT2D eigenvalue weighted by Gasteiger charge is 2.10. The van der Waals surface area contributed by atoms with Crippen LogP contribution in [-0.4, -0.2) is 12.0 Å². The van der Waals surface area contributed by atoms with E-state index in [1.165, 1.54) is 0 Å². The molecule has 2 rings (SSSR count). The van der Waals surface area contributed by atoms with Crippen molar-refractivity contribution in [2.75, 3.05) is 11.1 Å². The van der Waals surface area contributed by atoms with Crippen LogP contribution >= 0.6 is 0 Å². The number of amides is 1. The summed E-state index contributed by atoms with van der Waals surface area (Å²) in [5.41, 5.74) is 7.45. The topological polar surface area (TPSA) is 64.3 Å². The first-order chi connectivity index (χ1) is 9.56. The fraction of sp³-hybridized carbons (Fsp3) is 0.188. The van der Waals surface area contributed by atoms with Crippen molar-refractivity contribution < 1.29 is 9.53 Å². The van der Waals surface area contributed by atoms with Gasteiger partial charge in [0.1, 0.15) is 5.75 Å². The monoisotopic (exact) mass is 270 g/mol. The minimum absolute atomic E-state index is 0.0459. The van der Waals surface area contributed by atoms with Gasteiger partial charge in [0.05, 0.1) is 11.8 Å². The molecule has 4 nitrogen and oxygen atoms in total. The summed E-state index contributed by atoms with van der Waals surface area (Å²) in [4.78, 5) is 12.2. The van der Waals surface area contributed by atoms with Crippen LogP contribution < -0.4 is 15.8 Å². The maximum atomic E-state index is 12.2. The Morgan fingerprint density at radius 1 is 1.10 bits per heavy atom. The van der Waals surface area contributed by atoms with E-state index in [0.717, 1.165) is 0 Å². The molecule has 0 aliphatic rings. The van der Waals surface area contributed by atoms with Crippen LogP contribution in [0.4, 0.5) is 11.4 Å². The summed E-state index contributed by atoms with van der Waals surface area (Å²) >= 11 is 0. The minimum atomic E-state index is -0.190. The maximum absolute atomic E-state index is 12.2. The van der Waals surface area contributed by atoms with Gasteiger partial charge in [0.15, 0.2) is 0 Å². The number of rotatable bonds is 4. The SMILES string of the molecule is CC(C)Oc1ccccc1NC(=O)c1ccc(N)cc1. The molecule has 1 amide bonds. The Hall–Kier alpha value is -2.49. The number of benzene rings is 2. The number of carbonyl (C=O) groups is 1. The summed E-state index contributed by atoms with van der Waals surface area (Å²) in [7, 11) is 0. The summed E-state index contributed by atoms with van der Waals surface area (Å²) in [6, 6.07) is 14.2. The molecule has 0 heterocycles. The summed E-state index contributed by atoms with van der Waals surface area (Å²) in [6.45, 7) is 3.89. The van der Waals surface area contributed by atoms with Gasteiger partial charge < -0.3 is 15.8 Å².